The number of carbonyl (C=O) groups is 12. The van der Waals surface area contributed by atoms with E-state index in [9.17, 15) is 78.0 Å². The first-order chi connectivity index (χ1) is 27.7. The molecule has 0 aromatic carbocycles. The average molecular weight is 901 g/mol. The summed E-state index contributed by atoms with van der Waals surface area (Å²) in [5.74, 6) is -9.32. The molecule has 0 aliphatic heterocycles. The molecule has 0 spiro atoms. The van der Waals surface area contributed by atoms with Crippen LogP contribution in [-0.2, 0) is 98.2 Å². The molecular weight excluding hydrogens is 848 g/mol. The van der Waals surface area contributed by atoms with Crippen molar-refractivity contribution in [2.24, 2.45) is 0 Å². The molecule has 336 valence electrons. The smallest absolute Gasteiger partial charge is 0.550 e. The summed E-state index contributed by atoms with van der Waals surface area (Å²) in [7, 11) is 0. The van der Waals surface area contributed by atoms with E-state index in [0.717, 1.165) is 0 Å². The molecule has 0 aliphatic carbocycles. The maximum Gasteiger partial charge on any atom is 4.00 e. The maximum absolute atomic E-state index is 10.9. The van der Waals surface area contributed by atoms with Crippen LogP contribution in [-0.4, -0.2) is 97.3 Å². The van der Waals surface area contributed by atoms with Crippen LogP contribution in [0.3, 0.4) is 0 Å². The second-order valence-electron chi connectivity index (χ2n) is 12.4. The molecule has 0 amide bonds. The van der Waals surface area contributed by atoms with Crippen molar-refractivity contribution in [2.75, 3.05) is 26.4 Å². The summed E-state index contributed by atoms with van der Waals surface area (Å²) in [5, 5.41) is 40.0. The van der Waals surface area contributed by atoms with Gasteiger partial charge < -0.3 is 58.6 Å². The minimum absolute atomic E-state index is 0. The van der Waals surface area contributed by atoms with Crippen molar-refractivity contribution in [2.45, 2.75) is 105 Å². The van der Waals surface area contributed by atoms with Crippen molar-refractivity contribution in [3.8, 4) is 0 Å². The number of ketones is 4. The van der Waals surface area contributed by atoms with Crippen LogP contribution in [0.5, 0.6) is 0 Å². The summed E-state index contributed by atoms with van der Waals surface area (Å²) in [4.78, 5) is 127. The molecule has 0 heterocycles. The number of carboxylic acid groups (broad SMARTS) is 4. The van der Waals surface area contributed by atoms with Gasteiger partial charge in [-0.15, -0.1) is 0 Å². The molecule has 0 fully saturated rings. The van der Waals surface area contributed by atoms with Crippen LogP contribution in [0.25, 0.3) is 0 Å². The summed E-state index contributed by atoms with van der Waals surface area (Å²) in [6.45, 7) is 19.9. The molecule has 0 bridgehead atoms. The van der Waals surface area contributed by atoms with Crippen molar-refractivity contribution in [3.63, 3.8) is 0 Å². The van der Waals surface area contributed by atoms with E-state index in [-0.39, 0.29) is 96.1 Å². The van der Waals surface area contributed by atoms with E-state index in [0.29, 0.717) is 25.7 Å². The normalized spacial score (nSPS) is 9.25. The summed E-state index contributed by atoms with van der Waals surface area (Å²) < 4.78 is 18.8. The Morgan fingerprint density at radius 1 is 0.344 bits per heavy atom. The molecule has 0 unspecified atom stereocenters. The molecule has 0 atom stereocenters. The van der Waals surface area contributed by atoms with Gasteiger partial charge in [-0.1, -0.05) is 26.3 Å². The predicted molar refractivity (Wildman–Crippen MR) is 199 cm³/mol. The van der Waals surface area contributed by atoms with Crippen LogP contribution in [0, 0.1) is 0 Å². The van der Waals surface area contributed by atoms with Gasteiger partial charge in [0.2, 0.25) is 0 Å². The van der Waals surface area contributed by atoms with E-state index in [1.807, 2.05) is 0 Å². The molecule has 0 saturated carbocycles. The second kappa shape index (κ2) is 39.6. The van der Waals surface area contributed by atoms with E-state index < -0.39 is 96.6 Å². The molecule has 61 heavy (non-hydrogen) atoms. The molecule has 21 heteroatoms. The third-order valence-corrected chi connectivity index (χ3v) is 6.09. The Morgan fingerprint density at radius 2 is 0.492 bits per heavy atom. The van der Waals surface area contributed by atoms with Gasteiger partial charge >= 0.3 is 45.6 Å². The van der Waals surface area contributed by atoms with Gasteiger partial charge in [0.1, 0.15) is 23.1 Å². The van der Waals surface area contributed by atoms with Gasteiger partial charge in [0, 0.05) is 97.5 Å². The van der Waals surface area contributed by atoms with Crippen molar-refractivity contribution in [1.29, 1.82) is 0 Å². The van der Waals surface area contributed by atoms with Gasteiger partial charge in [0.05, 0.1) is 26.4 Å². The monoisotopic (exact) mass is 900 g/mol. The molecule has 0 aliphatic rings. The minimum atomic E-state index is -1.39. The first-order valence-corrected chi connectivity index (χ1v) is 17.9. The molecule has 0 aromatic heterocycles. The molecule has 0 rings (SSSR count). The molecular formula is C40H52O20Ti. The average Bonchev–Trinajstić information content (AvgIpc) is 3.11. The van der Waals surface area contributed by atoms with Crippen molar-refractivity contribution in [1.82, 2.24) is 0 Å². The largest absolute Gasteiger partial charge is 4.00 e. The molecule has 0 N–H and O–H groups in total. The summed E-state index contributed by atoms with van der Waals surface area (Å²) in [5.41, 5.74) is 1.15. The van der Waals surface area contributed by atoms with Crippen molar-refractivity contribution in [3.05, 3.63) is 48.6 Å². The van der Waals surface area contributed by atoms with Gasteiger partial charge in [0.25, 0.3) is 0 Å². The Kier molecular flexibility index (Phi) is 41.7. The molecule has 0 saturated heterocycles. The Hall–Kier alpha value is -5.89. The third-order valence-electron chi connectivity index (χ3n) is 6.09. The van der Waals surface area contributed by atoms with Gasteiger partial charge in [-0.2, -0.15) is 0 Å². The number of hydrogen-bond acceptors (Lipinski definition) is 20. The Balaban J connectivity index is -0.000000227. The summed E-state index contributed by atoms with van der Waals surface area (Å²) in [6, 6.07) is 0. The fraction of sp³-hybridized carbons (Fsp3) is 0.500. The van der Waals surface area contributed by atoms with E-state index in [1.54, 1.807) is 0 Å². The number of Topliss-reactive ketones (excluding diaryl/α,β-unsaturated/α-hetero) is 4. The maximum atomic E-state index is 10.9. The predicted octanol–water partition coefficient (Wildman–Crippen LogP) is -1.62. The topological polar surface area (TPSA) is 334 Å². The van der Waals surface area contributed by atoms with Gasteiger partial charge in [-0.3, -0.25) is 19.2 Å². The van der Waals surface area contributed by atoms with Crippen LogP contribution in [0.15, 0.2) is 48.6 Å². The number of carboxylic acids is 4. The van der Waals surface area contributed by atoms with Crippen molar-refractivity contribution < 1.29 is 119 Å². The number of rotatable bonds is 28. The molecule has 20 nitrogen and oxygen atoms in total. The van der Waals surface area contributed by atoms with Crippen LogP contribution in [0.4, 0.5) is 0 Å². The van der Waals surface area contributed by atoms with Crippen LogP contribution in [0.1, 0.15) is 105 Å². The van der Waals surface area contributed by atoms with E-state index in [4.69, 9.17) is 18.9 Å². The number of esters is 4. The number of ether oxygens (including phenoxy) is 4. The SMILES string of the molecule is C=C(C)C(=O)OCCCC(=O)CC(=O)[O-].C=C(C)C(=O)OCCCC(=O)CC(=O)[O-].C=C(C)C(=O)OCCCC(=O)CC(=O)[O-].C=C(C)C(=O)OCCCC(=O)CC(=O)[O-].[Ti+4]. The first-order valence-electron chi connectivity index (χ1n) is 17.9. The second-order valence-corrected chi connectivity index (χ2v) is 12.4. The number of hydrogen-bond donors (Lipinski definition) is 0. The fourth-order valence-electron chi connectivity index (χ4n) is 3.23. The fourth-order valence-corrected chi connectivity index (χ4v) is 3.23. The standard InChI is InChI=1S/4C10H14O5.Ti/c4*1-7(2)10(14)15-5-3-4-8(11)6-9(12)13;/h4*1,3-6H2,2H3,(H,12,13);/q;;;;+4/p-4. The Labute approximate surface area is 368 Å². The zero-order valence-electron chi connectivity index (χ0n) is 34.8. The van der Waals surface area contributed by atoms with E-state index >= 15 is 0 Å². The quantitative estimate of drug-likeness (QED) is 0.0213. The molecule has 0 aromatic rings. The van der Waals surface area contributed by atoms with Crippen LogP contribution >= 0.6 is 0 Å². The zero-order valence-corrected chi connectivity index (χ0v) is 36.4. The third kappa shape index (κ3) is 50.2. The van der Waals surface area contributed by atoms with Crippen LogP contribution in [0.2, 0.25) is 0 Å². The summed E-state index contributed by atoms with van der Waals surface area (Å²) >= 11 is 0. The van der Waals surface area contributed by atoms with Gasteiger partial charge in [-0.05, 0) is 53.4 Å². The van der Waals surface area contributed by atoms with Crippen LogP contribution < -0.4 is 20.4 Å². The minimum Gasteiger partial charge on any atom is -0.550 e. The number of aliphatic carboxylic acids is 4. The molecule has 0 radical (unpaired) electrons. The first kappa shape index (κ1) is 64.3. The van der Waals surface area contributed by atoms with E-state index in [1.165, 1.54) is 27.7 Å². The number of carbonyl (C=O) groups excluding carboxylic acids is 12. The van der Waals surface area contributed by atoms with Gasteiger partial charge in [0.15, 0.2) is 0 Å². The summed E-state index contributed by atoms with van der Waals surface area (Å²) in [6.07, 6.45) is -0.845. The van der Waals surface area contributed by atoms with Gasteiger partial charge in [-0.25, -0.2) is 19.2 Å². The van der Waals surface area contributed by atoms with Crippen molar-refractivity contribution >= 4 is 70.9 Å². The zero-order chi connectivity index (χ0) is 47.4. The Morgan fingerprint density at radius 3 is 0.607 bits per heavy atom. The Bertz CT molecular complexity index is 1360. The van der Waals surface area contributed by atoms with E-state index in [2.05, 4.69) is 26.3 Å².